The average molecular weight is 458 g/mol. The van der Waals surface area contributed by atoms with Crippen molar-refractivity contribution in [1.82, 2.24) is 4.90 Å². The van der Waals surface area contributed by atoms with Crippen LogP contribution < -0.4 is 10.2 Å². The zero-order valence-corrected chi connectivity index (χ0v) is 20.1. The zero-order valence-electron chi connectivity index (χ0n) is 20.1. The fraction of sp³-hybridized carbons (Fsp3) is 0.286. The summed E-state index contributed by atoms with van der Waals surface area (Å²) in [6.45, 7) is 2.38. The second-order valence-corrected chi connectivity index (χ2v) is 8.89. The van der Waals surface area contributed by atoms with Gasteiger partial charge in [0.05, 0.1) is 12.6 Å². The first-order valence-electron chi connectivity index (χ1n) is 11.5. The van der Waals surface area contributed by atoms with Crippen molar-refractivity contribution < 1.29 is 14.3 Å². The third kappa shape index (κ3) is 4.88. The second kappa shape index (κ2) is 10.2. The van der Waals surface area contributed by atoms with Crippen molar-refractivity contribution in [3.8, 4) is 0 Å². The van der Waals surface area contributed by atoms with E-state index in [1.54, 1.807) is 37.4 Å². The van der Waals surface area contributed by atoms with Crippen molar-refractivity contribution in [2.75, 3.05) is 38.0 Å². The lowest BCUT2D eigenvalue weighted by atomic mass is 10.00. The van der Waals surface area contributed by atoms with Crippen molar-refractivity contribution in [1.29, 1.82) is 0 Å². The zero-order chi connectivity index (χ0) is 24.2. The summed E-state index contributed by atoms with van der Waals surface area (Å²) in [5.74, 6) is -0.262. The number of aryl methyl sites for hydroxylation is 1. The van der Waals surface area contributed by atoms with Crippen molar-refractivity contribution in [3.63, 3.8) is 0 Å². The largest absolute Gasteiger partial charge is 0.380 e. The Balaban J connectivity index is 1.58. The smallest absolute Gasteiger partial charge is 0.258 e. The van der Waals surface area contributed by atoms with Gasteiger partial charge in [-0.15, -0.1) is 0 Å². The van der Waals surface area contributed by atoms with Gasteiger partial charge in [-0.1, -0.05) is 36.4 Å². The summed E-state index contributed by atoms with van der Waals surface area (Å²) < 4.78 is 5.75. The van der Waals surface area contributed by atoms with Crippen LogP contribution in [0.5, 0.6) is 0 Å². The Labute approximate surface area is 201 Å². The Morgan fingerprint density at radius 2 is 1.65 bits per heavy atom. The maximum Gasteiger partial charge on any atom is 0.258 e. The Kier molecular flexibility index (Phi) is 7.10. The Morgan fingerprint density at radius 1 is 0.971 bits per heavy atom. The number of fused-ring (bicyclic) bond motifs is 1. The summed E-state index contributed by atoms with van der Waals surface area (Å²) >= 11 is 0. The molecule has 3 aromatic rings. The summed E-state index contributed by atoms with van der Waals surface area (Å²) in [6, 6.07) is 22.7. The van der Waals surface area contributed by atoms with Gasteiger partial charge in [0.15, 0.2) is 0 Å². The minimum absolute atomic E-state index is 0.0866. The molecule has 2 atom stereocenters. The van der Waals surface area contributed by atoms with Gasteiger partial charge in [-0.2, -0.15) is 0 Å². The van der Waals surface area contributed by atoms with Crippen LogP contribution in [0.1, 0.15) is 44.3 Å². The first kappa shape index (κ1) is 23.7. The Bertz CT molecular complexity index is 1170. The highest BCUT2D eigenvalue weighted by Gasteiger charge is 2.32. The molecule has 1 aliphatic rings. The Morgan fingerprint density at radius 3 is 2.32 bits per heavy atom. The van der Waals surface area contributed by atoms with Gasteiger partial charge in [-0.05, 0) is 75.0 Å². The van der Waals surface area contributed by atoms with Gasteiger partial charge in [0, 0.05) is 35.7 Å². The number of carbonyl (C=O) groups is 2. The number of nitrogens with zero attached hydrogens (tertiary/aromatic N) is 2. The van der Waals surface area contributed by atoms with E-state index in [1.165, 1.54) is 0 Å². The molecule has 0 aromatic heterocycles. The number of ether oxygens (including phenoxy) is 1. The van der Waals surface area contributed by atoms with Gasteiger partial charge in [-0.3, -0.25) is 9.59 Å². The van der Waals surface area contributed by atoms with E-state index in [4.69, 9.17) is 4.74 Å². The molecule has 0 fully saturated rings. The van der Waals surface area contributed by atoms with E-state index in [9.17, 15) is 9.59 Å². The van der Waals surface area contributed by atoms with Crippen LogP contribution in [0.4, 0.5) is 11.4 Å². The summed E-state index contributed by atoms with van der Waals surface area (Å²) in [5, 5.41) is 2.92. The fourth-order valence-electron chi connectivity index (χ4n) is 4.50. The van der Waals surface area contributed by atoms with Crippen molar-refractivity contribution in [2.24, 2.45) is 0 Å². The van der Waals surface area contributed by atoms with Crippen LogP contribution in [0.2, 0.25) is 0 Å². The fourth-order valence-corrected chi connectivity index (χ4v) is 4.50. The SMILES string of the molecule is COC1CC(N(C)C)c2ccccc2N(C(=O)c2ccc(NC(=O)c3ccccc3C)cc2)C1. The molecule has 34 heavy (non-hydrogen) atoms. The predicted octanol–water partition coefficient (Wildman–Crippen LogP) is 4.92. The molecule has 2 unspecified atom stereocenters. The highest BCUT2D eigenvalue weighted by molar-refractivity contribution is 6.08. The molecule has 0 spiro atoms. The maximum atomic E-state index is 13.6. The standard InChI is InChI=1S/C28H31N3O3/c1-19-9-5-6-10-23(19)27(32)29-21-15-13-20(14-16-21)28(33)31-18-22(34-4)17-26(30(2)3)24-11-7-8-12-25(24)31/h5-16,22,26H,17-18H2,1-4H3,(H,29,32). The summed E-state index contributed by atoms with van der Waals surface area (Å²) in [5.41, 5.74) is 4.76. The van der Waals surface area contributed by atoms with E-state index in [1.807, 2.05) is 48.2 Å². The normalized spacial score (nSPS) is 17.7. The number of benzene rings is 3. The minimum Gasteiger partial charge on any atom is -0.380 e. The quantitative estimate of drug-likeness (QED) is 0.591. The van der Waals surface area contributed by atoms with Crippen LogP contribution in [-0.4, -0.2) is 50.6 Å². The van der Waals surface area contributed by atoms with Crippen LogP contribution >= 0.6 is 0 Å². The number of rotatable bonds is 5. The maximum absolute atomic E-state index is 13.6. The molecule has 6 heteroatoms. The number of para-hydroxylation sites is 1. The Hall–Kier alpha value is -3.48. The van der Waals surface area contributed by atoms with E-state index in [-0.39, 0.29) is 24.0 Å². The average Bonchev–Trinajstić information content (AvgIpc) is 3.01. The van der Waals surface area contributed by atoms with Crippen LogP contribution in [0.3, 0.4) is 0 Å². The van der Waals surface area contributed by atoms with Crippen molar-refractivity contribution in [2.45, 2.75) is 25.5 Å². The molecule has 6 nitrogen and oxygen atoms in total. The van der Waals surface area contributed by atoms with Crippen molar-refractivity contribution >= 4 is 23.2 Å². The monoisotopic (exact) mass is 457 g/mol. The molecule has 4 rings (SSSR count). The first-order valence-corrected chi connectivity index (χ1v) is 11.5. The first-order chi connectivity index (χ1) is 16.4. The lowest BCUT2D eigenvalue weighted by molar-refractivity contribution is 0.0743. The molecule has 1 heterocycles. The molecule has 0 aliphatic carbocycles. The third-order valence-electron chi connectivity index (χ3n) is 6.44. The number of hydrogen-bond acceptors (Lipinski definition) is 4. The lowest BCUT2D eigenvalue weighted by Crippen LogP contribution is -2.37. The number of anilines is 2. The van der Waals surface area contributed by atoms with E-state index < -0.39 is 0 Å². The third-order valence-corrected chi connectivity index (χ3v) is 6.44. The molecule has 3 aromatic carbocycles. The second-order valence-electron chi connectivity index (χ2n) is 8.89. The number of carbonyl (C=O) groups excluding carboxylic acids is 2. The highest BCUT2D eigenvalue weighted by atomic mass is 16.5. The molecule has 0 saturated heterocycles. The molecule has 176 valence electrons. The van der Waals surface area contributed by atoms with Gasteiger partial charge in [-0.25, -0.2) is 0 Å². The van der Waals surface area contributed by atoms with Gasteiger partial charge >= 0.3 is 0 Å². The highest BCUT2D eigenvalue weighted by Crippen LogP contribution is 2.37. The van der Waals surface area contributed by atoms with E-state index in [0.29, 0.717) is 23.4 Å². The number of hydrogen-bond donors (Lipinski definition) is 1. The van der Waals surface area contributed by atoms with Gasteiger partial charge in [0.2, 0.25) is 0 Å². The summed E-state index contributed by atoms with van der Waals surface area (Å²) in [6.07, 6.45) is 0.713. The number of methoxy groups -OCH3 is 1. The predicted molar refractivity (Wildman–Crippen MR) is 136 cm³/mol. The number of nitrogens with one attached hydrogen (secondary N) is 1. The van der Waals surface area contributed by atoms with Crippen LogP contribution in [0.15, 0.2) is 72.8 Å². The lowest BCUT2D eigenvalue weighted by Gasteiger charge is -2.26. The molecule has 1 N–H and O–H groups in total. The molecule has 1 aliphatic heterocycles. The number of amides is 2. The molecule has 2 amide bonds. The summed E-state index contributed by atoms with van der Waals surface area (Å²) in [7, 11) is 5.80. The van der Waals surface area contributed by atoms with Gasteiger partial charge in [0.25, 0.3) is 11.8 Å². The van der Waals surface area contributed by atoms with E-state index in [2.05, 4.69) is 30.4 Å². The molecule has 0 radical (unpaired) electrons. The van der Waals surface area contributed by atoms with Gasteiger partial charge < -0.3 is 19.9 Å². The van der Waals surface area contributed by atoms with Crippen LogP contribution in [-0.2, 0) is 4.74 Å². The molecule has 0 saturated carbocycles. The topological polar surface area (TPSA) is 61.9 Å². The van der Waals surface area contributed by atoms with Gasteiger partial charge in [0.1, 0.15) is 0 Å². The molecular weight excluding hydrogens is 426 g/mol. The minimum atomic E-state index is -0.170. The summed E-state index contributed by atoms with van der Waals surface area (Å²) in [4.78, 5) is 30.2. The van der Waals surface area contributed by atoms with E-state index >= 15 is 0 Å². The van der Waals surface area contributed by atoms with Crippen molar-refractivity contribution in [3.05, 3.63) is 95.1 Å². The molecule has 0 bridgehead atoms. The molecular formula is C28H31N3O3. The van der Waals surface area contributed by atoms with E-state index in [0.717, 1.165) is 23.2 Å². The van der Waals surface area contributed by atoms with Crippen LogP contribution in [0, 0.1) is 6.92 Å². The van der Waals surface area contributed by atoms with Crippen LogP contribution in [0.25, 0.3) is 0 Å².